The Balaban J connectivity index is 1.99. The molecule has 1 fully saturated rings. The van der Waals surface area contributed by atoms with Gasteiger partial charge < -0.3 is 4.74 Å². The van der Waals surface area contributed by atoms with Gasteiger partial charge in [0, 0.05) is 11.5 Å². The Morgan fingerprint density at radius 3 is 2.11 bits per heavy atom. The molecular weight excluding hydrogens is 354 g/mol. The topological polar surface area (TPSA) is 63.7 Å². The minimum Gasteiger partial charge on any atom is -0.447 e. The molecule has 0 spiro atoms. The molecule has 3 atom stereocenters. The highest BCUT2D eigenvalue weighted by Gasteiger charge is 2.45. The third-order valence-electron chi connectivity index (χ3n) is 5.31. The SMILES string of the molecule is CC(C)[C@H]1COC(=O)N1C(=O)[C@@H](c1ccccc1)[C@@H](C)C(=O)c1ccccc1. The van der Waals surface area contributed by atoms with E-state index in [0.717, 1.165) is 0 Å². The van der Waals surface area contributed by atoms with E-state index in [2.05, 4.69) is 0 Å². The molecule has 0 unspecified atom stereocenters. The van der Waals surface area contributed by atoms with E-state index in [1.165, 1.54) is 4.90 Å². The van der Waals surface area contributed by atoms with Crippen LogP contribution in [-0.2, 0) is 9.53 Å². The second-order valence-electron chi connectivity index (χ2n) is 7.50. The summed E-state index contributed by atoms with van der Waals surface area (Å²) in [5, 5.41) is 0. The maximum atomic E-state index is 13.5. The minimum absolute atomic E-state index is 0.0620. The molecule has 28 heavy (non-hydrogen) atoms. The highest BCUT2D eigenvalue weighted by molar-refractivity contribution is 6.04. The largest absolute Gasteiger partial charge is 0.447 e. The number of imide groups is 1. The summed E-state index contributed by atoms with van der Waals surface area (Å²) in [7, 11) is 0. The van der Waals surface area contributed by atoms with Gasteiger partial charge in [0.25, 0.3) is 0 Å². The molecule has 3 rings (SSSR count). The van der Waals surface area contributed by atoms with Crippen molar-refractivity contribution in [1.29, 1.82) is 0 Å². The lowest BCUT2D eigenvalue weighted by molar-refractivity contribution is -0.132. The third kappa shape index (κ3) is 3.84. The van der Waals surface area contributed by atoms with E-state index in [-0.39, 0.29) is 30.3 Å². The number of Topliss-reactive ketones (excluding diaryl/α,β-unsaturated/α-hetero) is 1. The zero-order chi connectivity index (χ0) is 20.3. The van der Waals surface area contributed by atoms with E-state index < -0.39 is 17.9 Å². The molecule has 5 heteroatoms. The lowest BCUT2D eigenvalue weighted by Gasteiger charge is -2.29. The number of hydrogen-bond donors (Lipinski definition) is 0. The fourth-order valence-electron chi connectivity index (χ4n) is 3.65. The van der Waals surface area contributed by atoms with Gasteiger partial charge in [0.15, 0.2) is 5.78 Å². The number of rotatable bonds is 6. The van der Waals surface area contributed by atoms with Crippen molar-refractivity contribution in [3.05, 3.63) is 71.8 Å². The van der Waals surface area contributed by atoms with Crippen molar-refractivity contribution >= 4 is 17.8 Å². The summed E-state index contributed by atoms with van der Waals surface area (Å²) in [6.45, 7) is 5.83. The van der Waals surface area contributed by atoms with E-state index in [1.807, 2.05) is 50.2 Å². The van der Waals surface area contributed by atoms with Crippen molar-refractivity contribution in [2.45, 2.75) is 32.7 Å². The Morgan fingerprint density at radius 2 is 1.54 bits per heavy atom. The summed E-state index contributed by atoms with van der Waals surface area (Å²) in [5.41, 5.74) is 1.26. The molecule has 0 saturated carbocycles. The van der Waals surface area contributed by atoms with Crippen LogP contribution >= 0.6 is 0 Å². The van der Waals surface area contributed by atoms with Gasteiger partial charge >= 0.3 is 6.09 Å². The normalized spacial score (nSPS) is 18.6. The molecule has 0 aliphatic carbocycles. The summed E-state index contributed by atoms with van der Waals surface area (Å²) in [6.07, 6.45) is -0.635. The number of cyclic esters (lactones) is 1. The molecule has 0 bridgehead atoms. The standard InChI is InChI=1S/C23H25NO4/c1-15(2)19-14-28-23(27)24(19)22(26)20(17-10-6-4-7-11-17)16(3)21(25)18-12-8-5-9-13-18/h4-13,15-16,19-20H,14H2,1-3H3/t16-,19-,20-/m1/s1. The Labute approximate surface area is 165 Å². The first-order valence-corrected chi connectivity index (χ1v) is 9.55. The average molecular weight is 379 g/mol. The minimum atomic E-state index is -0.763. The molecule has 0 N–H and O–H groups in total. The number of ether oxygens (including phenoxy) is 1. The quantitative estimate of drug-likeness (QED) is 0.702. The molecule has 1 heterocycles. The highest BCUT2D eigenvalue weighted by atomic mass is 16.6. The fraction of sp³-hybridized carbons (Fsp3) is 0.348. The lowest BCUT2D eigenvalue weighted by Crippen LogP contribution is -2.46. The number of carbonyl (C=O) groups is 3. The van der Waals surface area contributed by atoms with Crippen molar-refractivity contribution in [3.8, 4) is 0 Å². The van der Waals surface area contributed by atoms with Gasteiger partial charge in [-0.1, -0.05) is 81.4 Å². The second-order valence-corrected chi connectivity index (χ2v) is 7.50. The van der Waals surface area contributed by atoms with Gasteiger partial charge in [0.2, 0.25) is 5.91 Å². The van der Waals surface area contributed by atoms with Crippen LogP contribution in [0.3, 0.4) is 0 Å². The zero-order valence-corrected chi connectivity index (χ0v) is 16.4. The third-order valence-corrected chi connectivity index (χ3v) is 5.31. The molecule has 2 aromatic carbocycles. The fourth-order valence-corrected chi connectivity index (χ4v) is 3.65. The molecule has 5 nitrogen and oxygen atoms in total. The maximum absolute atomic E-state index is 13.5. The van der Waals surface area contributed by atoms with Crippen molar-refractivity contribution < 1.29 is 19.1 Å². The van der Waals surface area contributed by atoms with E-state index in [9.17, 15) is 14.4 Å². The first-order valence-electron chi connectivity index (χ1n) is 9.55. The molecule has 0 aromatic heterocycles. The molecular formula is C23H25NO4. The van der Waals surface area contributed by atoms with Crippen molar-refractivity contribution in [1.82, 2.24) is 4.90 Å². The van der Waals surface area contributed by atoms with E-state index in [0.29, 0.717) is 11.1 Å². The first-order chi connectivity index (χ1) is 13.4. The lowest BCUT2D eigenvalue weighted by atomic mass is 9.81. The Kier molecular flexibility index (Phi) is 5.93. The van der Waals surface area contributed by atoms with Gasteiger partial charge in [-0.25, -0.2) is 9.69 Å². The predicted octanol–water partition coefficient (Wildman–Crippen LogP) is 4.29. The van der Waals surface area contributed by atoms with Gasteiger partial charge in [-0.15, -0.1) is 0 Å². The molecule has 2 aromatic rings. The summed E-state index contributed by atoms with van der Waals surface area (Å²) in [4.78, 5) is 40.1. The number of ketones is 1. The molecule has 1 saturated heterocycles. The average Bonchev–Trinajstić information content (AvgIpc) is 3.10. The van der Waals surface area contributed by atoms with Crippen molar-refractivity contribution in [3.63, 3.8) is 0 Å². The Hall–Kier alpha value is -2.95. The number of amides is 2. The summed E-state index contributed by atoms with van der Waals surface area (Å²) in [6, 6.07) is 17.8. The van der Waals surface area contributed by atoms with E-state index in [4.69, 9.17) is 4.74 Å². The smallest absolute Gasteiger partial charge is 0.417 e. The summed E-state index contributed by atoms with van der Waals surface area (Å²) < 4.78 is 5.15. The molecule has 0 radical (unpaired) electrons. The highest BCUT2D eigenvalue weighted by Crippen LogP contribution is 2.33. The summed E-state index contributed by atoms with van der Waals surface area (Å²) in [5.74, 6) is -1.84. The molecule has 146 valence electrons. The van der Waals surface area contributed by atoms with Crippen LogP contribution in [0.4, 0.5) is 4.79 Å². The Bertz CT molecular complexity index is 847. The second kappa shape index (κ2) is 8.38. The van der Waals surface area contributed by atoms with Crippen LogP contribution < -0.4 is 0 Å². The van der Waals surface area contributed by atoms with Crippen LogP contribution in [0, 0.1) is 11.8 Å². The van der Waals surface area contributed by atoms with Gasteiger partial charge in [-0.3, -0.25) is 9.59 Å². The maximum Gasteiger partial charge on any atom is 0.417 e. The van der Waals surface area contributed by atoms with Gasteiger partial charge in [-0.05, 0) is 11.5 Å². The molecule has 2 amide bonds. The van der Waals surface area contributed by atoms with Crippen LogP contribution in [0.5, 0.6) is 0 Å². The molecule has 1 aliphatic heterocycles. The van der Waals surface area contributed by atoms with E-state index >= 15 is 0 Å². The van der Waals surface area contributed by atoms with Crippen molar-refractivity contribution in [2.24, 2.45) is 11.8 Å². The number of benzene rings is 2. The van der Waals surface area contributed by atoms with Crippen LogP contribution in [0.2, 0.25) is 0 Å². The number of carbonyl (C=O) groups excluding carboxylic acids is 3. The zero-order valence-electron chi connectivity index (χ0n) is 16.4. The van der Waals surface area contributed by atoms with Gasteiger partial charge in [-0.2, -0.15) is 0 Å². The monoisotopic (exact) mass is 379 g/mol. The van der Waals surface area contributed by atoms with E-state index in [1.54, 1.807) is 31.2 Å². The molecule has 1 aliphatic rings. The Morgan fingerprint density at radius 1 is 0.964 bits per heavy atom. The van der Waals surface area contributed by atoms with Crippen LogP contribution in [0.1, 0.15) is 42.6 Å². The van der Waals surface area contributed by atoms with Crippen LogP contribution in [-0.4, -0.2) is 35.3 Å². The van der Waals surface area contributed by atoms with Gasteiger partial charge in [0.1, 0.15) is 6.61 Å². The van der Waals surface area contributed by atoms with Crippen LogP contribution in [0.25, 0.3) is 0 Å². The summed E-state index contributed by atoms with van der Waals surface area (Å²) >= 11 is 0. The predicted molar refractivity (Wildman–Crippen MR) is 106 cm³/mol. The van der Waals surface area contributed by atoms with Gasteiger partial charge in [0.05, 0.1) is 12.0 Å². The number of hydrogen-bond acceptors (Lipinski definition) is 4. The first kappa shape index (κ1) is 19.8. The van der Waals surface area contributed by atoms with Crippen LogP contribution in [0.15, 0.2) is 60.7 Å². The number of nitrogens with zero attached hydrogens (tertiary/aromatic N) is 1. The van der Waals surface area contributed by atoms with Crippen molar-refractivity contribution in [2.75, 3.05) is 6.61 Å².